The monoisotopic (exact) mass is 322 g/mol. The van der Waals surface area contributed by atoms with Crippen LogP contribution in [0.1, 0.15) is 78.6 Å². The maximum absolute atomic E-state index is 13.9. The molecule has 0 spiro atoms. The van der Waals surface area contributed by atoms with Crippen LogP contribution >= 0.6 is 0 Å². The lowest BCUT2D eigenvalue weighted by Gasteiger charge is -2.61. The van der Waals surface area contributed by atoms with Gasteiger partial charge in [-0.2, -0.15) is 0 Å². The van der Waals surface area contributed by atoms with Crippen LogP contribution in [0.25, 0.3) is 0 Å². The standard InChI is InChI=1S/C21H35FO/c1-13(23)17-6-7-18-16-5-4-14-12-15(22)8-10-20(14,2)19(16)9-11-21(17,18)3/h13-19,23H,4-12H2,1-3H3/t13-,14+,15+,16-,17+,18-,19-,20-,21+/m0/s1. The van der Waals surface area contributed by atoms with Gasteiger partial charge in [-0.25, -0.2) is 4.39 Å². The highest BCUT2D eigenvalue weighted by Gasteiger charge is 2.60. The number of aliphatic hydroxyl groups excluding tert-OH is 1. The first-order valence-electron chi connectivity index (χ1n) is 10.2. The summed E-state index contributed by atoms with van der Waals surface area (Å²) in [5.41, 5.74) is 0.756. The molecule has 4 rings (SSSR count). The fourth-order valence-electron chi connectivity index (χ4n) is 8.04. The summed E-state index contributed by atoms with van der Waals surface area (Å²) in [7, 11) is 0. The Morgan fingerprint density at radius 3 is 2.35 bits per heavy atom. The number of aliphatic hydroxyl groups is 1. The van der Waals surface area contributed by atoms with Crippen LogP contribution in [0.2, 0.25) is 0 Å². The maximum Gasteiger partial charge on any atom is 0.100 e. The van der Waals surface area contributed by atoms with E-state index in [0.717, 1.165) is 37.0 Å². The van der Waals surface area contributed by atoms with Crippen LogP contribution < -0.4 is 0 Å². The second kappa shape index (κ2) is 5.44. The highest BCUT2D eigenvalue weighted by Crippen LogP contribution is 2.67. The number of hydrogen-bond donors (Lipinski definition) is 1. The zero-order valence-electron chi connectivity index (χ0n) is 15.2. The largest absolute Gasteiger partial charge is 0.393 e. The van der Waals surface area contributed by atoms with Gasteiger partial charge in [-0.05, 0) is 105 Å². The SMILES string of the molecule is C[C@H](O)[C@H]1CC[C@H]2[C@@H]3CC[C@@H]4C[C@H](F)CC[C@]4(C)[C@H]3CC[C@]12C. The van der Waals surface area contributed by atoms with E-state index in [0.29, 0.717) is 22.7 Å². The lowest BCUT2D eigenvalue weighted by atomic mass is 9.44. The van der Waals surface area contributed by atoms with Crippen molar-refractivity contribution < 1.29 is 9.50 Å². The van der Waals surface area contributed by atoms with Gasteiger partial charge in [-0.3, -0.25) is 0 Å². The van der Waals surface area contributed by atoms with Crippen molar-refractivity contribution in [3.63, 3.8) is 0 Å². The zero-order chi connectivity index (χ0) is 16.4. The molecule has 0 heterocycles. The Hall–Kier alpha value is -0.110. The lowest BCUT2D eigenvalue weighted by molar-refractivity contribution is -0.126. The molecule has 4 saturated carbocycles. The Kier molecular flexibility index (Phi) is 3.87. The molecule has 0 aromatic rings. The summed E-state index contributed by atoms with van der Waals surface area (Å²) in [5.74, 6) is 3.60. The van der Waals surface area contributed by atoms with Crippen molar-refractivity contribution in [1.82, 2.24) is 0 Å². The summed E-state index contributed by atoms with van der Waals surface area (Å²) in [6.07, 6.45) is 9.78. The summed E-state index contributed by atoms with van der Waals surface area (Å²) in [4.78, 5) is 0. The molecule has 0 aliphatic heterocycles. The minimum atomic E-state index is -0.537. The van der Waals surface area contributed by atoms with E-state index in [1.807, 2.05) is 6.92 Å². The van der Waals surface area contributed by atoms with E-state index in [9.17, 15) is 9.50 Å². The molecule has 0 amide bonds. The first kappa shape index (κ1) is 16.4. The van der Waals surface area contributed by atoms with E-state index >= 15 is 0 Å². The van der Waals surface area contributed by atoms with Gasteiger partial charge in [0.15, 0.2) is 0 Å². The number of halogens is 1. The highest BCUT2D eigenvalue weighted by molar-refractivity contribution is 5.09. The summed E-state index contributed by atoms with van der Waals surface area (Å²) in [6, 6.07) is 0. The minimum absolute atomic E-state index is 0.157. The smallest absolute Gasteiger partial charge is 0.100 e. The molecule has 0 bridgehead atoms. The third-order valence-corrected chi connectivity index (χ3v) is 9.26. The fraction of sp³-hybridized carbons (Fsp3) is 1.00. The summed E-state index contributed by atoms with van der Waals surface area (Å²) >= 11 is 0. The summed E-state index contributed by atoms with van der Waals surface area (Å²) < 4.78 is 13.9. The molecule has 23 heavy (non-hydrogen) atoms. The number of hydrogen-bond acceptors (Lipinski definition) is 1. The minimum Gasteiger partial charge on any atom is -0.393 e. The van der Waals surface area contributed by atoms with E-state index in [-0.39, 0.29) is 6.10 Å². The van der Waals surface area contributed by atoms with Crippen LogP contribution in [0.4, 0.5) is 4.39 Å². The van der Waals surface area contributed by atoms with Crippen molar-refractivity contribution in [2.75, 3.05) is 0 Å². The van der Waals surface area contributed by atoms with Gasteiger partial charge >= 0.3 is 0 Å². The highest BCUT2D eigenvalue weighted by atomic mass is 19.1. The number of fused-ring (bicyclic) bond motifs is 5. The molecule has 9 atom stereocenters. The fourth-order valence-corrected chi connectivity index (χ4v) is 8.04. The van der Waals surface area contributed by atoms with E-state index in [2.05, 4.69) is 13.8 Å². The molecular formula is C21H35FO. The van der Waals surface area contributed by atoms with Gasteiger partial charge in [-0.1, -0.05) is 13.8 Å². The average molecular weight is 323 g/mol. The van der Waals surface area contributed by atoms with Crippen LogP contribution in [0.5, 0.6) is 0 Å². The predicted octanol–water partition coefficient (Wildman–Crippen LogP) is 5.36. The molecule has 0 saturated heterocycles. The van der Waals surface area contributed by atoms with E-state index in [1.165, 1.54) is 38.5 Å². The first-order chi connectivity index (χ1) is 10.9. The van der Waals surface area contributed by atoms with Crippen LogP contribution in [0.15, 0.2) is 0 Å². The lowest BCUT2D eigenvalue weighted by Crippen LogP contribution is -2.54. The molecule has 2 heteroatoms. The van der Waals surface area contributed by atoms with Crippen molar-refractivity contribution >= 4 is 0 Å². The molecule has 0 aromatic heterocycles. The van der Waals surface area contributed by atoms with Crippen molar-refractivity contribution in [3.8, 4) is 0 Å². The maximum atomic E-state index is 13.9. The molecular weight excluding hydrogens is 287 g/mol. The molecule has 0 unspecified atom stereocenters. The Morgan fingerprint density at radius 1 is 0.913 bits per heavy atom. The van der Waals surface area contributed by atoms with Crippen LogP contribution in [-0.4, -0.2) is 17.4 Å². The topological polar surface area (TPSA) is 20.2 Å². The summed E-state index contributed by atoms with van der Waals surface area (Å²) in [6.45, 7) is 6.99. The van der Waals surface area contributed by atoms with Crippen LogP contribution in [-0.2, 0) is 0 Å². The first-order valence-corrected chi connectivity index (χ1v) is 10.2. The molecule has 0 radical (unpaired) electrons. The molecule has 0 aromatic carbocycles. The zero-order valence-corrected chi connectivity index (χ0v) is 15.2. The van der Waals surface area contributed by atoms with Gasteiger partial charge in [0.1, 0.15) is 6.17 Å². The third-order valence-electron chi connectivity index (χ3n) is 9.26. The average Bonchev–Trinajstić information content (AvgIpc) is 2.85. The molecule has 4 fully saturated rings. The van der Waals surface area contributed by atoms with Crippen molar-refractivity contribution in [2.24, 2.45) is 40.4 Å². The van der Waals surface area contributed by atoms with Crippen LogP contribution in [0, 0.1) is 40.4 Å². The molecule has 1 nitrogen and oxygen atoms in total. The van der Waals surface area contributed by atoms with Gasteiger partial charge in [0.05, 0.1) is 6.10 Å². The van der Waals surface area contributed by atoms with E-state index in [1.54, 1.807) is 0 Å². The quantitative estimate of drug-likeness (QED) is 0.688. The Labute approximate surface area is 141 Å². The van der Waals surface area contributed by atoms with Crippen molar-refractivity contribution in [3.05, 3.63) is 0 Å². The predicted molar refractivity (Wildman–Crippen MR) is 91.8 cm³/mol. The number of rotatable bonds is 1. The Balaban J connectivity index is 1.60. The van der Waals surface area contributed by atoms with Gasteiger partial charge in [-0.15, -0.1) is 0 Å². The Bertz CT molecular complexity index is 463. The normalized spacial score (nSPS) is 57.3. The van der Waals surface area contributed by atoms with E-state index in [4.69, 9.17) is 0 Å². The molecule has 4 aliphatic carbocycles. The summed E-state index contributed by atoms with van der Waals surface area (Å²) in [5, 5.41) is 10.3. The second-order valence-corrected chi connectivity index (χ2v) is 10.00. The van der Waals surface area contributed by atoms with Gasteiger partial charge in [0.2, 0.25) is 0 Å². The number of alkyl halides is 1. The molecule has 132 valence electrons. The second-order valence-electron chi connectivity index (χ2n) is 10.00. The van der Waals surface area contributed by atoms with Crippen molar-refractivity contribution in [1.29, 1.82) is 0 Å². The Morgan fingerprint density at radius 2 is 1.61 bits per heavy atom. The molecule has 1 N–H and O–H groups in total. The van der Waals surface area contributed by atoms with Gasteiger partial charge in [0.25, 0.3) is 0 Å². The van der Waals surface area contributed by atoms with Gasteiger partial charge < -0.3 is 5.11 Å². The van der Waals surface area contributed by atoms with Crippen molar-refractivity contribution in [2.45, 2.75) is 90.8 Å². The van der Waals surface area contributed by atoms with Crippen LogP contribution in [0.3, 0.4) is 0 Å². The molecule has 4 aliphatic rings. The van der Waals surface area contributed by atoms with E-state index < -0.39 is 6.17 Å². The van der Waals surface area contributed by atoms with Gasteiger partial charge in [0, 0.05) is 0 Å². The third kappa shape index (κ3) is 2.26.